The predicted molar refractivity (Wildman–Crippen MR) is 79.1 cm³/mol. The van der Waals surface area contributed by atoms with Crippen molar-refractivity contribution in [3.05, 3.63) is 29.5 Å². The number of hydrogen-bond donors (Lipinski definition) is 1. The molecule has 2 aromatic heterocycles. The first-order valence-corrected chi connectivity index (χ1v) is 6.33. The van der Waals surface area contributed by atoms with Crippen LogP contribution >= 0.6 is 12.2 Å². The smallest absolute Gasteiger partial charge is 0.137 e. The van der Waals surface area contributed by atoms with Crippen molar-refractivity contribution in [2.75, 3.05) is 11.9 Å². The first-order valence-electron chi connectivity index (χ1n) is 5.92. The van der Waals surface area contributed by atoms with Gasteiger partial charge in [-0.3, -0.25) is 4.68 Å². The average Bonchev–Trinajstić information content (AvgIpc) is 2.82. The van der Waals surface area contributed by atoms with E-state index < -0.39 is 0 Å². The van der Waals surface area contributed by atoms with Crippen LogP contribution in [-0.2, 0) is 20.6 Å². The van der Waals surface area contributed by atoms with Gasteiger partial charge >= 0.3 is 0 Å². The summed E-state index contributed by atoms with van der Waals surface area (Å²) in [6.45, 7) is 2.57. The summed E-state index contributed by atoms with van der Waals surface area (Å²) in [5.74, 6) is 1.88. The zero-order valence-corrected chi connectivity index (χ0v) is 12.4. The molecule has 0 aliphatic rings. The summed E-state index contributed by atoms with van der Waals surface area (Å²) in [7, 11) is 5.84. The molecule has 0 radical (unpaired) electrons. The van der Waals surface area contributed by atoms with Gasteiger partial charge in [0.2, 0.25) is 0 Å². The molecule has 0 unspecified atom stereocenters. The van der Waals surface area contributed by atoms with Crippen molar-refractivity contribution in [1.82, 2.24) is 19.3 Å². The van der Waals surface area contributed by atoms with Gasteiger partial charge in [-0.05, 0) is 6.92 Å². The highest BCUT2D eigenvalue weighted by Crippen LogP contribution is 2.23. The molecule has 6 nitrogen and oxygen atoms in total. The van der Waals surface area contributed by atoms with Crippen LogP contribution in [0.2, 0.25) is 0 Å². The molecular formula is C12H18N6S. The van der Waals surface area contributed by atoms with Gasteiger partial charge in [-0.15, -0.1) is 0 Å². The fraction of sp³-hybridized carbons (Fsp3) is 0.417. The number of aryl methyl sites for hydroxylation is 3. The largest absolute Gasteiger partial charge is 0.389 e. The third-order valence-corrected chi connectivity index (χ3v) is 3.30. The summed E-state index contributed by atoms with van der Waals surface area (Å²) in [6, 6.07) is 0. The van der Waals surface area contributed by atoms with Gasteiger partial charge in [-0.25, -0.2) is 4.98 Å². The van der Waals surface area contributed by atoms with Crippen LogP contribution in [0.15, 0.2) is 12.4 Å². The van der Waals surface area contributed by atoms with Crippen molar-refractivity contribution in [2.45, 2.75) is 13.5 Å². The van der Waals surface area contributed by atoms with E-state index in [-0.39, 0.29) is 0 Å². The summed E-state index contributed by atoms with van der Waals surface area (Å²) >= 11 is 5.12. The Hall–Kier alpha value is -1.89. The van der Waals surface area contributed by atoms with Gasteiger partial charge in [-0.1, -0.05) is 12.2 Å². The molecule has 2 N–H and O–H groups in total. The number of hydrogen-bond acceptors (Lipinski definition) is 4. The maximum absolute atomic E-state index is 5.80. The van der Waals surface area contributed by atoms with Crippen molar-refractivity contribution in [3.63, 3.8) is 0 Å². The molecule has 0 saturated heterocycles. The number of thiocarbonyl (C=S) groups is 1. The minimum atomic E-state index is 0.368. The van der Waals surface area contributed by atoms with E-state index in [9.17, 15) is 0 Å². The number of imidazole rings is 1. The summed E-state index contributed by atoms with van der Waals surface area (Å²) in [5, 5.41) is 4.39. The van der Waals surface area contributed by atoms with Crippen LogP contribution in [0.25, 0.3) is 0 Å². The van der Waals surface area contributed by atoms with Crippen molar-refractivity contribution < 1.29 is 0 Å². The lowest BCUT2D eigenvalue weighted by atomic mass is 10.2. The number of aromatic nitrogens is 4. The highest BCUT2D eigenvalue weighted by atomic mass is 32.1. The van der Waals surface area contributed by atoms with Crippen LogP contribution in [0.4, 0.5) is 5.82 Å². The topological polar surface area (TPSA) is 64.9 Å². The van der Waals surface area contributed by atoms with Gasteiger partial charge in [0, 0.05) is 33.5 Å². The fourth-order valence-corrected chi connectivity index (χ4v) is 2.45. The molecule has 0 atom stereocenters. The SMILES string of the molecule is Cc1nn(C)c(N(C)Cc2nccn2C)c1C(N)=S. The van der Waals surface area contributed by atoms with E-state index in [1.165, 1.54) is 0 Å². The van der Waals surface area contributed by atoms with Crippen molar-refractivity contribution in [2.24, 2.45) is 19.8 Å². The van der Waals surface area contributed by atoms with E-state index in [4.69, 9.17) is 18.0 Å². The van der Waals surface area contributed by atoms with E-state index in [1.54, 1.807) is 10.9 Å². The standard InChI is InChI=1S/C12H18N6S/c1-8-10(11(13)19)12(18(4)15-8)17(3)7-9-14-5-6-16(9)2/h5-6H,7H2,1-4H3,(H2,13,19). The molecule has 2 aromatic rings. The summed E-state index contributed by atoms with van der Waals surface area (Å²) in [5.41, 5.74) is 7.47. The third kappa shape index (κ3) is 2.46. The van der Waals surface area contributed by atoms with Crippen LogP contribution in [0.5, 0.6) is 0 Å². The predicted octanol–water partition coefficient (Wildman–Crippen LogP) is 0.733. The third-order valence-electron chi connectivity index (χ3n) is 3.10. The van der Waals surface area contributed by atoms with Crippen LogP contribution < -0.4 is 10.6 Å². The number of rotatable bonds is 4. The molecule has 2 heterocycles. The van der Waals surface area contributed by atoms with Gasteiger partial charge in [0.15, 0.2) is 0 Å². The maximum atomic E-state index is 5.80. The molecule has 102 valence electrons. The number of nitrogens with two attached hydrogens (primary N) is 1. The Morgan fingerprint density at radius 2 is 2.16 bits per heavy atom. The monoisotopic (exact) mass is 278 g/mol. The number of anilines is 1. The highest BCUT2D eigenvalue weighted by Gasteiger charge is 2.19. The van der Waals surface area contributed by atoms with E-state index in [0.29, 0.717) is 11.5 Å². The van der Waals surface area contributed by atoms with Gasteiger partial charge < -0.3 is 15.2 Å². The molecule has 0 fully saturated rings. The first-order chi connectivity index (χ1) is 8.91. The minimum absolute atomic E-state index is 0.368. The Morgan fingerprint density at radius 3 is 2.68 bits per heavy atom. The lowest BCUT2D eigenvalue weighted by molar-refractivity contribution is 0.701. The summed E-state index contributed by atoms with van der Waals surface area (Å²) < 4.78 is 3.78. The molecule has 0 spiro atoms. The summed E-state index contributed by atoms with van der Waals surface area (Å²) in [4.78, 5) is 6.74. The van der Waals surface area contributed by atoms with Gasteiger partial charge in [0.25, 0.3) is 0 Å². The molecule has 19 heavy (non-hydrogen) atoms. The molecule has 0 aromatic carbocycles. The molecule has 7 heteroatoms. The Labute approximate surface area is 117 Å². The van der Waals surface area contributed by atoms with Crippen molar-refractivity contribution in [1.29, 1.82) is 0 Å². The van der Waals surface area contributed by atoms with E-state index in [2.05, 4.69) is 15.0 Å². The molecule has 0 saturated carbocycles. The molecule has 0 bridgehead atoms. The zero-order valence-electron chi connectivity index (χ0n) is 11.6. The van der Waals surface area contributed by atoms with Crippen LogP contribution in [0, 0.1) is 6.92 Å². The van der Waals surface area contributed by atoms with Crippen LogP contribution in [-0.4, -0.2) is 31.4 Å². The molecule has 2 rings (SSSR count). The van der Waals surface area contributed by atoms with E-state index in [0.717, 1.165) is 22.9 Å². The maximum Gasteiger partial charge on any atom is 0.137 e. The average molecular weight is 278 g/mol. The van der Waals surface area contributed by atoms with Gasteiger partial charge in [0.1, 0.15) is 16.6 Å². The second-order valence-electron chi connectivity index (χ2n) is 4.58. The second-order valence-corrected chi connectivity index (χ2v) is 5.02. The van der Waals surface area contributed by atoms with Crippen molar-refractivity contribution in [3.8, 4) is 0 Å². The normalized spacial score (nSPS) is 10.7. The quantitative estimate of drug-likeness (QED) is 0.835. The van der Waals surface area contributed by atoms with Crippen LogP contribution in [0.1, 0.15) is 17.1 Å². The molecular weight excluding hydrogens is 260 g/mol. The first kappa shape index (κ1) is 13.5. The minimum Gasteiger partial charge on any atom is -0.389 e. The molecule has 0 aliphatic heterocycles. The second kappa shape index (κ2) is 5.00. The Kier molecular flexibility index (Phi) is 3.57. The zero-order chi connectivity index (χ0) is 14.2. The Balaban J connectivity index is 2.36. The van der Waals surface area contributed by atoms with Gasteiger partial charge in [0.05, 0.1) is 17.8 Å². The van der Waals surface area contributed by atoms with Gasteiger partial charge in [-0.2, -0.15) is 5.10 Å². The highest BCUT2D eigenvalue weighted by molar-refractivity contribution is 7.80. The number of nitrogens with zero attached hydrogens (tertiary/aromatic N) is 5. The van der Waals surface area contributed by atoms with E-state index >= 15 is 0 Å². The Morgan fingerprint density at radius 1 is 1.47 bits per heavy atom. The molecule has 0 aliphatic carbocycles. The fourth-order valence-electron chi connectivity index (χ4n) is 2.21. The summed E-state index contributed by atoms with van der Waals surface area (Å²) in [6.07, 6.45) is 3.71. The molecule has 0 amide bonds. The van der Waals surface area contributed by atoms with Crippen LogP contribution in [0.3, 0.4) is 0 Å². The lowest BCUT2D eigenvalue weighted by Crippen LogP contribution is -2.24. The van der Waals surface area contributed by atoms with Crippen molar-refractivity contribution >= 4 is 23.0 Å². The lowest BCUT2D eigenvalue weighted by Gasteiger charge is -2.20. The Bertz CT molecular complexity index is 612. The van der Waals surface area contributed by atoms with E-state index in [1.807, 2.05) is 38.8 Å².